The molecule has 0 bridgehead atoms. The van der Waals surface area contributed by atoms with Crippen molar-refractivity contribution in [2.45, 2.75) is 49.8 Å². The number of benzene rings is 1. The minimum Gasteiger partial charge on any atom is -0.479 e. The molecule has 0 saturated carbocycles. The summed E-state index contributed by atoms with van der Waals surface area (Å²) in [5.74, 6) is -2.40. The maximum atomic E-state index is 13.7. The van der Waals surface area contributed by atoms with E-state index in [1.54, 1.807) is 20.8 Å². The van der Waals surface area contributed by atoms with Crippen molar-refractivity contribution in [2.24, 2.45) is 5.73 Å². The standard InChI is InChI=1S/C22H28N4O10S/c1-5-10-35-26(37(33,34)18-9-7-6-8-15(18)25(31)32)17-13-24(21(30)36-22(2,3)4)16(20(28)29)11-14(17)12-19(23)27/h5-9,11,16-17H,1,10,12-13H2,2-4H3,(H2,23,27)(H,28,29)/t16-,17?/m0/s1. The van der Waals surface area contributed by atoms with E-state index >= 15 is 0 Å². The van der Waals surface area contributed by atoms with E-state index in [1.807, 2.05) is 0 Å². The Bertz CT molecular complexity index is 1220. The number of primary amides is 1. The molecule has 1 aliphatic rings. The van der Waals surface area contributed by atoms with Gasteiger partial charge in [-0.25, -0.2) is 18.0 Å². The van der Waals surface area contributed by atoms with E-state index in [1.165, 1.54) is 18.2 Å². The molecule has 0 aromatic heterocycles. The summed E-state index contributed by atoms with van der Waals surface area (Å²) in [7, 11) is -4.84. The monoisotopic (exact) mass is 540 g/mol. The van der Waals surface area contributed by atoms with Crippen LogP contribution in [0.25, 0.3) is 0 Å². The van der Waals surface area contributed by atoms with E-state index in [-0.39, 0.29) is 5.57 Å². The number of nitro groups is 1. The second kappa shape index (κ2) is 11.5. The van der Waals surface area contributed by atoms with Crippen LogP contribution in [-0.4, -0.2) is 76.6 Å². The zero-order chi connectivity index (χ0) is 28.1. The summed E-state index contributed by atoms with van der Waals surface area (Å²) in [6.07, 6.45) is 0.543. The molecule has 2 atom stereocenters. The Morgan fingerprint density at radius 1 is 1.32 bits per heavy atom. The van der Waals surface area contributed by atoms with Gasteiger partial charge in [-0.15, -0.1) is 6.58 Å². The lowest BCUT2D eigenvalue weighted by Crippen LogP contribution is -2.57. The molecule has 1 unspecified atom stereocenters. The van der Waals surface area contributed by atoms with Crippen molar-refractivity contribution < 1.29 is 42.4 Å². The lowest BCUT2D eigenvalue weighted by molar-refractivity contribution is -0.388. The Balaban J connectivity index is 2.74. The number of carboxylic acid groups (broad SMARTS) is 1. The molecule has 2 rings (SSSR count). The molecule has 15 heteroatoms. The second-order valence-electron chi connectivity index (χ2n) is 8.89. The summed E-state index contributed by atoms with van der Waals surface area (Å²) in [6, 6.07) is 1.37. The molecule has 0 spiro atoms. The third-order valence-electron chi connectivity index (χ3n) is 4.92. The average Bonchev–Trinajstić information content (AvgIpc) is 2.78. The molecular formula is C22H28N4O10S. The van der Waals surface area contributed by atoms with Gasteiger partial charge in [0.2, 0.25) is 5.91 Å². The smallest absolute Gasteiger partial charge is 0.411 e. The van der Waals surface area contributed by atoms with Gasteiger partial charge in [0.05, 0.1) is 17.6 Å². The fraction of sp³-hybridized carbons (Fsp3) is 0.409. The minimum absolute atomic E-state index is 0.0917. The second-order valence-corrected chi connectivity index (χ2v) is 10.6. The van der Waals surface area contributed by atoms with Crippen LogP contribution >= 0.6 is 0 Å². The number of amides is 2. The number of carbonyl (C=O) groups is 3. The lowest BCUT2D eigenvalue weighted by Gasteiger charge is -2.40. The molecule has 0 radical (unpaired) electrons. The summed E-state index contributed by atoms with van der Waals surface area (Å²) in [4.78, 5) is 52.8. The number of rotatable bonds is 10. The first-order valence-electron chi connectivity index (χ1n) is 10.8. The third-order valence-corrected chi connectivity index (χ3v) is 6.65. The van der Waals surface area contributed by atoms with Crippen LogP contribution in [0.15, 0.2) is 53.5 Å². The van der Waals surface area contributed by atoms with Crippen LogP contribution in [0.3, 0.4) is 0 Å². The van der Waals surface area contributed by atoms with Crippen molar-refractivity contribution >= 4 is 33.7 Å². The van der Waals surface area contributed by atoms with Crippen molar-refractivity contribution in [3.05, 3.63) is 58.7 Å². The van der Waals surface area contributed by atoms with E-state index in [0.717, 1.165) is 23.1 Å². The van der Waals surface area contributed by atoms with Crippen LogP contribution in [0.1, 0.15) is 27.2 Å². The summed E-state index contributed by atoms with van der Waals surface area (Å²) in [5.41, 5.74) is 3.45. The number of carboxylic acids is 1. The minimum atomic E-state index is -4.84. The first kappa shape index (κ1) is 29.4. The van der Waals surface area contributed by atoms with E-state index in [4.69, 9.17) is 15.3 Å². The topological polar surface area (TPSA) is 200 Å². The van der Waals surface area contributed by atoms with Crippen molar-refractivity contribution in [2.75, 3.05) is 13.2 Å². The fourth-order valence-electron chi connectivity index (χ4n) is 3.49. The van der Waals surface area contributed by atoms with Crippen LogP contribution < -0.4 is 5.73 Å². The predicted molar refractivity (Wildman–Crippen MR) is 128 cm³/mol. The molecule has 37 heavy (non-hydrogen) atoms. The average molecular weight is 541 g/mol. The first-order valence-corrected chi connectivity index (χ1v) is 12.3. The van der Waals surface area contributed by atoms with Crippen molar-refractivity contribution in [1.82, 2.24) is 9.37 Å². The SMILES string of the molecule is C=CCON(C1CN(C(=O)OC(C)(C)C)[C@H](C(=O)O)C=C1CC(N)=O)S(=O)(=O)c1ccccc1[N+](=O)[O-]. The van der Waals surface area contributed by atoms with Crippen LogP contribution in [0.2, 0.25) is 0 Å². The predicted octanol–water partition coefficient (Wildman–Crippen LogP) is 1.58. The summed E-state index contributed by atoms with van der Waals surface area (Å²) in [5, 5.41) is 21.3. The quantitative estimate of drug-likeness (QED) is 0.249. The zero-order valence-corrected chi connectivity index (χ0v) is 21.2. The number of nitro benzene ring substituents is 1. The van der Waals surface area contributed by atoms with Gasteiger partial charge in [0.25, 0.3) is 15.7 Å². The summed E-state index contributed by atoms with van der Waals surface area (Å²) in [6.45, 7) is 7.08. The van der Waals surface area contributed by atoms with Gasteiger partial charge in [0.1, 0.15) is 5.60 Å². The Hall–Kier alpha value is -3.82. The molecule has 1 heterocycles. The highest BCUT2D eigenvalue weighted by Crippen LogP contribution is 2.33. The van der Waals surface area contributed by atoms with Gasteiger partial charge in [0.15, 0.2) is 10.9 Å². The maximum absolute atomic E-state index is 13.7. The Morgan fingerprint density at radius 2 is 1.95 bits per heavy atom. The van der Waals surface area contributed by atoms with Crippen LogP contribution in [-0.2, 0) is 29.2 Å². The lowest BCUT2D eigenvalue weighted by atomic mass is 9.95. The Labute approximate surface area is 213 Å². The number of sulfonamides is 1. The first-order chi connectivity index (χ1) is 17.1. The number of hydrogen-bond donors (Lipinski definition) is 2. The molecule has 202 valence electrons. The van der Waals surface area contributed by atoms with Gasteiger partial charge >= 0.3 is 12.1 Å². The van der Waals surface area contributed by atoms with Gasteiger partial charge in [-0.3, -0.25) is 24.6 Å². The molecule has 0 saturated heterocycles. The van der Waals surface area contributed by atoms with Crippen LogP contribution in [0.5, 0.6) is 0 Å². The molecular weight excluding hydrogens is 512 g/mol. The molecule has 2 amide bonds. The van der Waals surface area contributed by atoms with Crippen molar-refractivity contribution in [1.29, 1.82) is 0 Å². The Kier molecular flexibility index (Phi) is 9.13. The van der Waals surface area contributed by atoms with E-state index in [0.29, 0.717) is 4.47 Å². The molecule has 1 aromatic carbocycles. The number of hydroxylamine groups is 1. The van der Waals surface area contributed by atoms with Gasteiger partial charge < -0.3 is 15.6 Å². The van der Waals surface area contributed by atoms with Gasteiger partial charge in [-0.1, -0.05) is 22.7 Å². The van der Waals surface area contributed by atoms with Crippen molar-refractivity contribution in [3.8, 4) is 0 Å². The Morgan fingerprint density at radius 3 is 2.46 bits per heavy atom. The number of para-hydroxylation sites is 1. The molecule has 14 nitrogen and oxygen atoms in total. The van der Waals surface area contributed by atoms with Gasteiger partial charge in [-0.2, -0.15) is 0 Å². The number of nitrogens with zero attached hydrogens (tertiary/aromatic N) is 3. The van der Waals surface area contributed by atoms with Gasteiger partial charge in [0, 0.05) is 19.0 Å². The van der Waals surface area contributed by atoms with Crippen molar-refractivity contribution in [3.63, 3.8) is 0 Å². The molecule has 1 aromatic rings. The molecule has 0 aliphatic carbocycles. The maximum Gasteiger partial charge on any atom is 0.411 e. The largest absolute Gasteiger partial charge is 0.479 e. The number of nitrogens with two attached hydrogens (primary N) is 1. The molecule has 3 N–H and O–H groups in total. The highest BCUT2D eigenvalue weighted by atomic mass is 32.2. The van der Waals surface area contributed by atoms with E-state index in [9.17, 15) is 38.0 Å². The zero-order valence-electron chi connectivity index (χ0n) is 20.4. The molecule has 0 fully saturated rings. The van der Waals surface area contributed by atoms with Crippen LogP contribution in [0.4, 0.5) is 10.5 Å². The van der Waals surface area contributed by atoms with E-state index in [2.05, 4.69) is 6.58 Å². The number of aliphatic carboxylic acids is 1. The fourth-order valence-corrected chi connectivity index (χ4v) is 5.08. The van der Waals surface area contributed by atoms with E-state index < -0.39 is 80.8 Å². The number of ether oxygens (including phenoxy) is 1. The molecule has 1 aliphatic heterocycles. The highest BCUT2D eigenvalue weighted by molar-refractivity contribution is 7.89. The van der Waals surface area contributed by atoms with Gasteiger partial charge in [-0.05, 0) is 38.5 Å². The summed E-state index contributed by atoms with van der Waals surface area (Å²) < 4.78 is 33.0. The third kappa shape index (κ3) is 7.12. The highest BCUT2D eigenvalue weighted by Gasteiger charge is 2.45. The van der Waals surface area contributed by atoms with Crippen LogP contribution in [0, 0.1) is 10.1 Å². The number of hydrogen-bond acceptors (Lipinski definition) is 9. The summed E-state index contributed by atoms with van der Waals surface area (Å²) >= 11 is 0. The number of carbonyl (C=O) groups excluding carboxylic acids is 2. The normalized spacial score (nSPS) is 18.2.